The predicted octanol–water partition coefficient (Wildman–Crippen LogP) is 3.85. The molecule has 178 valence electrons. The smallest absolute Gasteiger partial charge is 0.283 e. The minimum absolute atomic E-state index is 0.0279. The number of piperidine rings is 1. The van der Waals surface area contributed by atoms with Crippen molar-refractivity contribution in [3.05, 3.63) is 70.4 Å². The Morgan fingerprint density at radius 1 is 1.06 bits per heavy atom. The van der Waals surface area contributed by atoms with E-state index in [1.54, 1.807) is 36.4 Å². The number of nitrogens with zero attached hydrogens (tertiary/aromatic N) is 3. The normalized spacial score (nSPS) is 17.5. The molecule has 0 radical (unpaired) electrons. The molecule has 2 aliphatic heterocycles. The molecule has 8 heteroatoms. The number of hydrogen-bond acceptors (Lipinski definition) is 5. The van der Waals surface area contributed by atoms with Crippen LogP contribution in [0.25, 0.3) is 0 Å². The molecule has 1 saturated heterocycles. The number of anilines is 2. The molecule has 2 aromatic rings. The average Bonchev–Trinajstić information content (AvgIpc) is 3.07. The van der Waals surface area contributed by atoms with Crippen molar-refractivity contribution in [2.45, 2.75) is 32.2 Å². The minimum atomic E-state index is -0.554. The quantitative estimate of drug-likeness (QED) is 0.636. The van der Waals surface area contributed by atoms with E-state index in [0.717, 1.165) is 36.4 Å². The lowest BCUT2D eigenvalue weighted by molar-refractivity contribution is -0.120. The molecule has 0 aromatic heterocycles. The number of nitrogens with one attached hydrogen (secondary N) is 1. The molecule has 7 nitrogen and oxygen atoms in total. The second-order valence-electron chi connectivity index (χ2n) is 8.77. The lowest BCUT2D eigenvalue weighted by Gasteiger charge is -2.35. The van der Waals surface area contributed by atoms with Gasteiger partial charge in [0, 0.05) is 24.3 Å². The zero-order valence-electron chi connectivity index (χ0n) is 19.7. The summed E-state index contributed by atoms with van der Waals surface area (Å²) in [6, 6.07) is 14.4. The third-order valence-corrected chi connectivity index (χ3v) is 6.95. The van der Waals surface area contributed by atoms with Gasteiger partial charge < -0.3 is 15.1 Å². The van der Waals surface area contributed by atoms with Gasteiger partial charge in [-0.3, -0.25) is 14.4 Å². The first-order valence-electron chi connectivity index (χ1n) is 11.5. The van der Waals surface area contributed by atoms with Gasteiger partial charge in [0.15, 0.2) is 0 Å². The fourth-order valence-corrected chi connectivity index (χ4v) is 4.66. The van der Waals surface area contributed by atoms with E-state index in [-0.39, 0.29) is 22.7 Å². The summed E-state index contributed by atoms with van der Waals surface area (Å²) in [5.41, 5.74) is 2.58. The van der Waals surface area contributed by atoms with Gasteiger partial charge >= 0.3 is 0 Å². The molecule has 4 rings (SSSR count). The van der Waals surface area contributed by atoms with Gasteiger partial charge in [-0.25, -0.2) is 4.90 Å². The Kier molecular flexibility index (Phi) is 7.05. The third-order valence-electron chi connectivity index (χ3n) is 6.60. The van der Waals surface area contributed by atoms with Crippen molar-refractivity contribution in [2.24, 2.45) is 0 Å². The van der Waals surface area contributed by atoms with Gasteiger partial charge in [-0.15, -0.1) is 0 Å². The molecular weight excluding hydrogens is 452 g/mol. The van der Waals surface area contributed by atoms with E-state index in [9.17, 15) is 14.4 Å². The zero-order valence-corrected chi connectivity index (χ0v) is 20.4. The Labute approximate surface area is 205 Å². The monoisotopic (exact) mass is 480 g/mol. The summed E-state index contributed by atoms with van der Waals surface area (Å²) in [6.45, 7) is 3.92. The Bertz CT molecular complexity index is 1140. The summed E-state index contributed by atoms with van der Waals surface area (Å²) in [4.78, 5) is 44.0. The number of para-hydroxylation sites is 1. The van der Waals surface area contributed by atoms with Crippen molar-refractivity contribution >= 4 is 40.7 Å². The summed E-state index contributed by atoms with van der Waals surface area (Å²) in [5.74, 6) is -1.09. The van der Waals surface area contributed by atoms with E-state index in [0.29, 0.717) is 23.4 Å². The molecule has 1 N–H and O–H groups in total. The van der Waals surface area contributed by atoms with Crippen LogP contribution in [0.4, 0.5) is 11.4 Å². The first kappa shape index (κ1) is 24.0. The van der Waals surface area contributed by atoms with Crippen LogP contribution >= 0.6 is 11.6 Å². The second-order valence-corrected chi connectivity index (χ2v) is 9.15. The van der Waals surface area contributed by atoms with Gasteiger partial charge in [0.05, 0.1) is 5.69 Å². The number of hydrogen-bond donors (Lipinski definition) is 1. The van der Waals surface area contributed by atoms with Crippen molar-refractivity contribution in [3.63, 3.8) is 0 Å². The molecular formula is C26H29ClN4O3. The number of amides is 3. The van der Waals surface area contributed by atoms with Crippen LogP contribution in [0, 0.1) is 0 Å². The van der Waals surface area contributed by atoms with Crippen molar-refractivity contribution in [1.29, 1.82) is 0 Å². The van der Waals surface area contributed by atoms with Crippen molar-refractivity contribution < 1.29 is 14.4 Å². The highest BCUT2D eigenvalue weighted by atomic mass is 35.5. The Morgan fingerprint density at radius 2 is 1.71 bits per heavy atom. The summed E-state index contributed by atoms with van der Waals surface area (Å²) in [7, 11) is 3.94. The fraction of sp³-hybridized carbons (Fsp3) is 0.346. The molecule has 0 aliphatic carbocycles. The van der Waals surface area contributed by atoms with Crippen molar-refractivity contribution in [2.75, 3.05) is 37.4 Å². The molecule has 2 aromatic carbocycles. The number of carbonyl (C=O) groups excluding carboxylic acids is 3. The highest BCUT2D eigenvalue weighted by Gasteiger charge is 2.39. The summed E-state index contributed by atoms with van der Waals surface area (Å²) in [6.07, 6.45) is 2.59. The minimum Gasteiger partial charge on any atom is -0.350 e. The van der Waals surface area contributed by atoms with E-state index in [2.05, 4.69) is 17.3 Å². The fourth-order valence-electron chi connectivity index (χ4n) is 4.45. The van der Waals surface area contributed by atoms with E-state index in [4.69, 9.17) is 11.6 Å². The Balaban J connectivity index is 1.47. The van der Waals surface area contributed by atoms with Gasteiger partial charge in [-0.2, -0.15) is 0 Å². The van der Waals surface area contributed by atoms with Gasteiger partial charge in [0.2, 0.25) is 0 Å². The van der Waals surface area contributed by atoms with Crippen molar-refractivity contribution in [3.8, 4) is 0 Å². The molecule has 0 bridgehead atoms. The van der Waals surface area contributed by atoms with Gasteiger partial charge in [-0.1, -0.05) is 36.7 Å². The van der Waals surface area contributed by atoms with E-state index < -0.39 is 11.8 Å². The van der Waals surface area contributed by atoms with Crippen LogP contribution in [0.5, 0.6) is 0 Å². The molecule has 2 heterocycles. The van der Waals surface area contributed by atoms with Gasteiger partial charge in [-0.05, 0) is 75.3 Å². The average molecular weight is 481 g/mol. The molecule has 2 aliphatic rings. The highest BCUT2D eigenvalue weighted by molar-refractivity contribution is 6.53. The number of aryl methyl sites for hydroxylation is 1. The molecule has 0 unspecified atom stereocenters. The Hall–Kier alpha value is -3.16. The lowest BCUT2D eigenvalue weighted by atomic mass is 10.0. The first-order valence-corrected chi connectivity index (χ1v) is 11.9. The number of halogens is 1. The van der Waals surface area contributed by atoms with Crippen LogP contribution in [-0.2, 0) is 16.0 Å². The molecule has 1 fully saturated rings. The maximum absolute atomic E-state index is 13.1. The number of likely N-dealkylation sites (tertiary alicyclic amines) is 1. The Morgan fingerprint density at radius 3 is 2.35 bits per heavy atom. The van der Waals surface area contributed by atoms with Gasteiger partial charge in [0.1, 0.15) is 10.7 Å². The molecule has 0 spiro atoms. The first-order chi connectivity index (χ1) is 16.3. The second kappa shape index (κ2) is 9.99. The predicted molar refractivity (Wildman–Crippen MR) is 134 cm³/mol. The molecule has 0 saturated carbocycles. The van der Waals surface area contributed by atoms with Crippen LogP contribution in [0.1, 0.15) is 35.7 Å². The maximum atomic E-state index is 13.1. The van der Waals surface area contributed by atoms with Gasteiger partial charge in [0.25, 0.3) is 17.7 Å². The molecule has 3 amide bonds. The molecule has 34 heavy (non-hydrogen) atoms. The summed E-state index contributed by atoms with van der Waals surface area (Å²) < 4.78 is 0. The topological polar surface area (TPSA) is 73.0 Å². The van der Waals surface area contributed by atoms with Crippen LogP contribution in [-0.4, -0.2) is 60.7 Å². The number of imide groups is 1. The summed E-state index contributed by atoms with van der Waals surface area (Å²) >= 11 is 6.27. The van der Waals surface area contributed by atoms with Crippen molar-refractivity contribution in [1.82, 2.24) is 9.80 Å². The zero-order chi connectivity index (χ0) is 24.4. The number of carbonyl (C=O) groups is 3. The highest BCUT2D eigenvalue weighted by Crippen LogP contribution is 2.32. The maximum Gasteiger partial charge on any atom is 0.283 e. The van der Waals surface area contributed by atoms with Crippen LogP contribution in [0.2, 0.25) is 0 Å². The van der Waals surface area contributed by atoms with Crippen LogP contribution in [0.15, 0.2) is 59.3 Å². The summed E-state index contributed by atoms with van der Waals surface area (Å²) in [5, 5.41) is 2.82. The SMILES string of the molecule is CCc1ccccc1N1C(=O)C(Cl)=C(Nc2ccc(C(=O)N(C)C3CCN(C)CC3)cc2)C1=O. The van der Waals surface area contributed by atoms with E-state index in [1.165, 1.54) is 0 Å². The van der Waals surface area contributed by atoms with E-state index >= 15 is 0 Å². The van der Waals surface area contributed by atoms with Crippen LogP contribution in [0.3, 0.4) is 0 Å². The van der Waals surface area contributed by atoms with E-state index in [1.807, 2.05) is 31.0 Å². The van der Waals surface area contributed by atoms with Crippen LogP contribution < -0.4 is 10.2 Å². The standard InChI is InChI=1S/C26H29ClN4O3/c1-4-17-7-5-6-8-21(17)31-25(33)22(27)23(26(31)34)28-19-11-9-18(10-12-19)24(32)30(3)20-13-15-29(2)16-14-20/h5-12,20,28H,4,13-16H2,1-3H3. The lowest BCUT2D eigenvalue weighted by Crippen LogP contribution is -2.44. The number of benzene rings is 2. The molecule has 0 atom stereocenters. The largest absolute Gasteiger partial charge is 0.350 e. The third kappa shape index (κ3) is 4.58. The number of rotatable bonds is 6.